The van der Waals surface area contributed by atoms with Gasteiger partial charge in [-0.3, -0.25) is 9.78 Å². The average molecular weight is 321 g/mol. The Hall–Kier alpha value is -1.88. The summed E-state index contributed by atoms with van der Waals surface area (Å²) in [6.45, 7) is 0.474. The second kappa shape index (κ2) is 6.33. The van der Waals surface area contributed by atoms with Crippen LogP contribution in [0.4, 0.5) is 0 Å². The number of hydrogen-bond acceptors (Lipinski definition) is 3. The molecule has 0 saturated carbocycles. The lowest BCUT2D eigenvalue weighted by Crippen LogP contribution is -2.26. The first kappa shape index (κ1) is 13.5. The molecular weight excluding hydrogens is 308 g/mol. The summed E-state index contributed by atoms with van der Waals surface area (Å²) in [4.78, 5) is 16.1. The number of carbonyl (C=O) groups excluding carboxylic acids is 1. The standard InChI is InChI=1S/C14H13BrN2O2/c15-10-4-5-13(18)12(9-10)14(19)17-8-6-11-3-1-2-7-16-11/h1-5,7,9,18H,6,8H2,(H,17,19). The van der Waals surface area contributed by atoms with Gasteiger partial charge in [0.15, 0.2) is 0 Å². The molecule has 0 aliphatic carbocycles. The lowest BCUT2D eigenvalue weighted by Gasteiger charge is -2.07. The Balaban J connectivity index is 1.93. The van der Waals surface area contributed by atoms with E-state index >= 15 is 0 Å². The van der Waals surface area contributed by atoms with Crippen LogP contribution >= 0.6 is 15.9 Å². The number of phenolic OH excluding ortho intramolecular Hbond substituents is 1. The molecule has 5 heteroatoms. The van der Waals surface area contributed by atoms with E-state index in [1.165, 1.54) is 6.07 Å². The van der Waals surface area contributed by atoms with Gasteiger partial charge in [-0.05, 0) is 30.3 Å². The van der Waals surface area contributed by atoms with Crippen LogP contribution in [0.3, 0.4) is 0 Å². The summed E-state index contributed by atoms with van der Waals surface area (Å²) in [6.07, 6.45) is 2.37. The Morgan fingerprint density at radius 3 is 2.89 bits per heavy atom. The van der Waals surface area contributed by atoms with Crippen molar-refractivity contribution in [3.05, 3.63) is 58.3 Å². The van der Waals surface area contributed by atoms with Crippen molar-refractivity contribution in [3.63, 3.8) is 0 Å². The molecule has 2 N–H and O–H groups in total. The minimum atomic E-state index is -0.297. The molecule has 0 aliphatic rings. The highest BCUT2D eigenvalue weighted by atomic mass is 79.9. The van der Waals surface area contributed by atoms with Gasteiger partial charge >= 0.3 is 0 Å². The van der Waals surface area contributed by atoms with Crippen LogP contribution in [0.2, 0.25) is 0 Å². The van der Waals surface area contributed by atoms with E-state index < -0.39 is 0 Å². The predicted molar refractivity (Wildman–Crippen MR) is 76.1 cm³/mol. The van der Waals surface area contributed by atoms with Crippen LogP contribution in [0, 0.1) is 0 Å². The molecule has 1 heterocycles. The lowest BCUT2D eigenvalue weighted by molar-refractivity contribution is 0.0951. The summed E-state index contributed by atoms with van der Waals surface area (Å²) < 4.78 is 0.750. The van der Waals surface area contributed by atoms with Gasteiger partial charge in [0.2, 0.25) is 0 Å². The molecule has 0 fully saturated rings. The molecule has 1 amide bonds. The third-order valence-corrected chi connectivity index (χ3v) is 3.09. The molecular formula is C14H13BrN2O2. The van der Waals surface area contributed by atoms with Gasteiger partial charge in [0.25, 0.3) is 5.91 Å². The van der Waals surface area contributed by atoms with E-state index in [4.69, 9.17) is 0 Å². The van der Waals surface area contributed by atoms with Crippen molar-refractivity contribution < 1.29 is 9.90 Å². The smallest absolute Gasteiger partial charge is 0.255 e. The molecule has 1 aromatic carbocycles. The normalized spacial score (nSPS) is 10.2. The Bertz CT molecular complexity index is 573. The third-order valence-electron chi connectivity index (χ3n) is 2.60. The number of nitrogens with zero attached hydrogens (tertiary/aromatic N) is 1. The summed E-state index contributed by atoms with van der Waals surface area (Å²) in [5.41, 5.74) is 1.18. The number of hydrogen-bond donors (Lipinski definition) is 2. The molecule has 0 atom stereocenters. The largest absolute Gasteiger partial charge is 0.507 e. The zero-order chi connectivity index (χ0) is 13.7. The van der Waals surface area contributed by atoms with E-state index in [0.717, 1.165) is 10.2 Å². The lowest BCUT2D eigenvalue weighted by atomic mass is 10.2. The van der Waals surface area contributed by atoms with Crippen LogP contribution in [0.25, 0.3) is 0 Å². The highest BCUT2D eigenvalue weighted by Crippen LogP contribution is 2.21. The van der Waals surface area contributed by atoms with Gasteiger partial charge in [-0.2, -0.15) is 0 Å². The minimum Gasteiger partial charge on any atom is -0.507 e. The fourth-order valence-corrected chi connectivity index (χ4v) is 2.00. The number of aromatic nitrogens is 1. The molecule has 2 rings (SSSR count). The number of rotatable bonds is 4. The summed E-state index contributed by atoms with van der Waals surface area (Å²) in [7, 11) is 0. The Labute approximate surface area is 119 Å². The molecule has 0 bridgehead atoms. The number of nitrogens with one attached hydrogen (secondary N) is 1. The first-order valence-electron chi connectivity index (χ1n) is 5.83. The third kappa shape index (κ3) is 3.79. The van der Waals surface area contributed by atoms with E-state index in [-0.39, 0.29) is 17.2 Å². The molecule has 0 radical (unpaired) electrons. The van der Waals surface area contributed by atoms with Crippen molar-refractivity contribution in [3.8, 4) is 5.75 Å². The van der Waals surface area contributed by atoms with E-state index in [9.17, 15) is 9.90 Å². The number of phenols is 1. The van der Waals surface area contributed by atoms with Crippen molar-refractivity contribution in [2.45, 2.75) is 6.42 Å². The van der Waals surface area contributed by atoms with E-state index in [0.29, 0.717) is 13.0 Å². The zero-order valence-electron chi connectivity index (χ0n) is 10.1. The monoisotopic (exact) mass is 320 g/mol. The second-order valence-corrected chi connectivity index (χ2v) is 4.90. The first-order valence-corrected chi connectivity index (χ1v) is 6.63. The quantitative estimate of drug-likeness (QED) is 0.910. The molecule has 4 nitrogen and oxygen atoms in total. The van der Waals surface area contributed by atoms with Crippen LogP contribution in [-0.2, 0) is 6.42 Å². The fourth-order valence-electron chi connectivity index (χ4n) is 1.64. The predicted octanol–water partition coefficient (Wildman–Crippen LogP) is 2.52. The molecule has 19 heavy (non-hydrogen) atoms. The van der Waals surface area contributed by atoms with Crippen molar-refractivity contribution in [2.24, 2.45) is 0 Å². The van der Waals surface area contributed by atoms with Gasteiger partial charge in [0.05, 0.1) is 5.56 Å². The maximum absolute atomic E-state index is 11.9. The van der Waals surface area contributed by atoms with Crippen molar-refractivity contribution >= 4 is 21.8 Å². The minimum absolute atomic E-state index is 0.0291. The van der Waals surface area contributed by atoms with E-state index in [2.05, 4.69) is 26.2 Å². The summed E-state index contributed by atoms with van der Waals surface area (Å²) in [5, 5.41) is 12.4. The molecule has 2 aromatic rings. The van der Waals surface area contributed by atoms with E-state index in [1.54, 1.807) is 18.3 Å². The summed E-state index contributed by atoms with van der Waals surface area (Å²) in [6, 6.07) is 10.4. The highest BCUT2D eigenvalue weighted by molar-refractivity contribution is 9.10. The van der Waals surface area contributed by atoms with Crippen LogP contribution in [0.1, 0.15) is 16.1 Å². The van der Waals surface area contributed by atoms with Crippen molar-refractivity contribution in [1.29, 1.82) is 0 Å². The number of aromatic hydroxyl groups is 1. The second-order valence-electron chi connectivity index (χ2n) is 3.99. The number of amides is 1. The van der Waals surface area contributed by atoms with Gasteiger partial charge in [-0.25, -0.2) is 0 Å². The van der Waals surface area contributed by atoms with Crippen LogP contribution in [-0.4, -0.2) is 22.5 Å². The Morgan fingerprint density at radius 2 is 2.16 bits per heavy atom. The van der Waals surface area contributed by atoms with Crippen LogP contribution in [0.5, 0.6) is 5.75 Å². The van der Waals surface area contributed by atoms with Gasteiger partial charge < -0.3 is 10.4 Å². The summed E-state index contributed by atoms with van der Waals surface area (Å²) >= 11 is 3.27. The highest BCUT2D eigenvalue weighted by Gasteiger charge is 2.10. The number of benzene rings is 1. The van der Waals surface area contributed by atoms with Crippen LogP contribution in [0.15, 0.2) is 47.1 Å². The van der Waals surface area contributed by atoms with Crippen molar-refractivity contribution in [1.82, 2.24) is 10.3 Å². The molecule has 0 spiro atoms. The summed E-state index contributed by atoms with van der Waals surface area (Å²) in [5.74, 6) is -0.326. The van der Waals surface area contributed by atoms with Gasteiger partial charge in [0.1, 0.15) is 5.75 Å². The first-order chi connectivity index (χ1) is 9.16. The Kier molecular flexibility index (Phi) is 4.52. The van der Waals surface area contributed by atoms with Gasteiger partial charge in [-0.1, -0.05) is 22.0 Å². The Morgan fingerprint density at radius 1 is 1.32 bits per heavy atom. The topological polar surface area (TPSA) is 62.2 Å². The van der Waals surface area contributed by atoms with Crippen LogP contribution < -0.4 is 5.32 Å². The molecule has 0 unspecified atom stereocenters. The number of pyridine rings is 1. The van der Waals surface area contributed by atoms with Crippen molar-refractivity contribution in [2.75, 3.05) is 6.54 Å². The fraction of sp³-hybridized carbons (Fsp3) is 0.143. The SMILES string of the molecule is O=C(NCCc1ccccn1)c1cc(Br)ccc1O. The molecule has 1 aromatic heterocycles. The maximum atomic E-state index is 11.9. The molecule has 0 aliphatic heterocycles. The zero-order valence-corrected chi connectivity index (χ0v) is 11.7. The van der Waals surface area contributed by atoms with Gasteiger partial charge in [0, 0.05) is 29.3 Å². The number of carbonyl (C=O) groups is 1. The maximum Gasteiger partial charge on any atom is 0.255 e. The molecule has 0 saturated heterocycles. The van der Waals surface area contributed by atoms with Gasteiger partial charge in [-0.15, -0.1) is 0 Å². The molecule has 98 valence electrons. The average Bonchev–Trinajstić information content (AvgIpc) is 2.42. The van der Waals surface area contributed by atoms with E-state index in [1.807, 2.05) is 18.2 Å². The number of halogens is 1.